The number of hydrogen-bond acceptors (Lipinski definition) is 5. The molecule has 0 spiro atoms. The van der Waals surface area contributed by atoms with E-state index in [2.05, 4.69) is 21.9 Å². The van der Waals surface area contributed by atoms with Crippen molar-refractivity contribution in [2.45, 2.75) is 13.0 Å². The molecule has 4 rings (SSSR count). The maximum Gasteiger partial charge on any atom is 0.213 e. The van der Waals surface area contributed by atoms with Crippen molar-refractivity contribution in [1.82, 2.24) is 15.3 Å². The Kier molecular flexibility index (Phi) is 5.86. The van der Waals surface area contributed by atoms with Crippen molar-refractivity contribution in [1.29, 1.82) is 0 Å². The minimum atomic E-state index is -0.714. The van der Waals surface area contributed by atoms with Gasteiger partial charge in [0.05, 0.1) is 0 Å². The summed E-state index contributed by atoms with van der Waals surface area (Å²) in [6.07, 6.45) is 1.60. The summed E-state index contributed by atoms with van der Waals surface area (Å²) in [5.41, 5.74) is 1.97. The van der Waals surface area contributed by atoms with Crippen LogP contribution in [0, 0.1) is 12.7 Å². The normalized spacial score (nSPS) is 16.2. The molecule has 0 radical (unpaired) electrons. The molecule has 0 saturated carbocycles. The van der Waals surface area contributed by atoms with Gasteiger partial charge in [-0.25, -0.2) is 13.8 Å². The molecule has 1 aliphatic heterocycles. The van der Waals surface area contributed by atoms with E-state index in [9.17, 15) is 13.6 Å². The molecular formula is C24H26F2N4O. The third-order valence-corrected chi connectivity index (χ3v) is 5.41. The van der Waals surface area contributed by atoms with Crippen LogP contribution in [0.25, 0.3) is 5.83 Å². The smallest absolute Gasteiger partial charge is 0.213 e. The summed E-state index contributed by atoms with van der Waals surface area (Å²) in [5, 5.41) is 3.41. The topological polar surface area (TPSA) is 58.1 Å². The molecule has 31 heavy (non-hydrogen) atoms. The van der Waals surface area contributed by atoms with Crippen molar-refractivity contribution in [3.8, 4) is 0 Å². The number of benzene rings is 1. The highest BCUT2D eigenvalue weighted by Gasteiger charge is 2.25. The van der Waals surface area contributed by atoms with Crippen LogP contribution in [0.2, 0.25) is 0 Å². The molecule has 7 heteroatoms. The van der Waals surface area contributed by atoms with Crippen molar-refractivity contribution in [3.63, 3.8) is 0 Å². The number of carbonyl (C=O) groups excluding carboxylic acids is 1. The minimum absolute atomic E-state index is 0. The molecule has 1 aromatic carbocycles. The quantitative estimate of drug-likeness (QED) is 0.600. The molecule has 0 amide bonds. The number of halogens is 2. The minimum Gasteiger partial charge on any atom is -0.353 e. The van der Waals surface area contributed by atoms with Crippen LogP contribution in [0.1, 0.15) is 41.8 Å². The molecule has 0 aliphatic carbocycles. The van der Waals surface area contributed by atoms with Crippen LogP contribution in [-0.2, 0) is 0 Å². The molecular weight excluding hydrogens is 398 g/mol. The zero-order chi connectivity index (χ0) is 22.0. The second kappa shape index (κ2) is 8.73. The fourth-order valence-corrected chi connectivity index (χ4v) is 3.75. The first-order chi connectivity index (χ1) is 14.9. The van der Waals surface area contributed by atoms with Gasteiger partial charge in [-0.1, -0.05) is 18.7 Å². The second-order valence-corrected chi connectivity index (χ2v) is 7.44. The van der Waals surface area contributed by atoms with Gasteiger partial charge < -0.3 is 10.2 Å². The molecule has 1 aliphatic rings. The summed E-state index contributed by atoms with van der Waals surface area (Å²) in [4.78, 5) is 23.9. The van der Waals surface area contributed by atoms with E-state index in [1.165, 1.54) is 12.1 Å². The Bertz CT molecular complexity index is 1140. The lowest BCUT2D eigenvalue weighted by Crippen LogP contribution is -2.46. The summed E-state index contributed by atoms with van der Waals surface area (Å²) < 4.78 is 27.4. The molecule has 3 aromatic rings. The third kappa shape index (κ3) is 4.36. The average Bonchev–Trinajstić information content (AvgIpc) is 2.79. The first kappa shape index (κ1) is 20.8. The fourth-order valence-electron chi connectivity index (χ4n) is 3.75. The lowest BCUT2D eigenvalue weighted by Gasteiger charge is -2.35. The Morgan fingerprint density at radius 2 is 1.97 bits per heavy atom. The third-order valence-electron chi connectivity index (χ3n) is 5.41. The molecule has 3 heterocycles. The second-order valence-electron chi connectivity index (χ2n) is 7.44. The number of aromatic nitrogens is 2. The number of nitrogens with one attached hydrogen (secondary N) is 1. The van der Waals surface area contributed by atoms with Gasteiger partial charge in [0.15, 0.2) is 0 Å². The number of carbonyl (C=O) groups is 1. The maximum atomic E-state index is 14.1. The van der Waals surface area contributed by atoms with E-state index >= 15 is 0 Å². The van der Waals surface area contributed by atoms with Crippen LogP contribution in [0.4, 0.5) is 14.6 Å². The fraction of sp³-hybridized carbons (Fsp3) is 0.208. The number of piperazine rings is 1. The first-order valence-electron chi connectivity index (χ1n) is 10.00. The first-order valence-corrected chi connectivity index (χ1v) is 10.00. The van der Waals surface area contributed by atoms with Crippen LogP contribution in [0.5, 0.6) is 0 Å². The van der Waals surface area contributed by atoms with Gasteiger partial charge in [-0.15, -0.1) is 0 Å². The van der Waals surface area contributed by atoms with Crippen LogP contribution in [0.3, 0.4) is 0 Å². The summed E-state index contributed by atoms with van der Waals surface area (Å²) in [6.45, 7) is 7.01. The van der Waals surface area contributed by atoms with Gasteiger partial charge in [0.1, 0.15) is 23.2 Å². The number of anilines is 1. The molecule has 162 valence electrons. The largest absolute Gasteiger partial charge is 0.353 e. The van der Waals surface area contributed by atoms with E-state index in [0.717, 1.165) is 5.56 Å². The number of pyridine rings is 2. The molecule has 0 bridgehead atoms. The van der Waals surface area contributed by atoms with Gasteiger partial charge in [0.25, 0.3) is 0 Å². The Morgan fingerprint density at radius 3 is 2.68 bits per heavy atom. The van der Waals surface area contributed by atoms with Crippen LogP contribution in [0.15, 0.2) is 61.3 Å². The molecule has 1 saturated heterocycles. The van der Waals surface area contributed by atoms with E-state index in [0.29, 0.717) is 36.7 Å². The van der Waals surface area contributed by atoms with Crippen LogP contribution >= 0.6 is 0 Å². The maximum absolute atomic E-state index is 14.1. The molecule has 1 N–H and O–H groups in total. The Morgan fingerprint density at radius 1 is 1.19 bits per heavy atom. The summed E-state index contributed by atoms with van der Waals surface area (Å²) in [6, 6.07) is 12.9. The summed E-state index contributed by atoms with van der Waals surface area (Å²) in [5.74, 6) is -0.822. The Balaban J connectivity index is 0.00000193. The van der Waals surface area contributed by atoms with E-state index in [1.54, 1.807) is 49.5 Å². The van der Waals surface area contributed by atoms with Crippen molar-refractivity contribution in [2.24, 2.45) is 0 Å². The van der Waals surface area contributed by atoms with Gasteiger partial charge >= 0.3 is 0 Å². The Labute approximate surface area is 182 Å². The molecule has 2 aromatic heterocycles. The van der Waals surface area contributed by atoms with Gasteiger partial charge in [0, 0.05) is 51.5 Å². The summed E-state index contributed by atoms with van der Waals surface area (Å²) >= 11 is 0. The predicted octanol–water partition coefficient (Wildman–Crippen LogP) is 4.74. The highest BCUT2D eigenvalue weighted by molar-refractivity contribution is 6.10. The zero-order valence-electron chi connectivity index (χ0n) is 17.1. The van der Waals surface area contributed by atoms with Crippen molar-refractivity contribution in [3.05, 3.63) is 95.2 Å². The van der Waals surface area contributed by atoms with E-state index in [1.807, 2.05) is 4.90 Å². The highest BCUT2D eigenvalue weighted by Crippen LogP contribution is 2.27. The lowest BCUT2D eigenvalue weighted by molar-refractivity contribution is 0.103. The molecule has 1 atom stereocenters. The number of hydrogen-bond donors (Lipinski definition) is 1. The van der Waals surface area contributed by atoms with E-state index < -0.39 is 11.6 Å². The Hall–Kier alpha value is -3.45. The number of nitrogens with zero attached hydrogens (tertiary/aromatic N) is 3. The summed E-state index contributed by atoms with van der Waals surface area (Å²) in [7, 11) is 0. The van der Waals surface area contributed by atoms with Crippen LogP contribution in [-0.4, -0.2) is 35.4 Å². The molecule has 1 fully saturated rings. The standard InChI is InChI=1S/C24H22F2N4O.2H2/c1-15(25)19-9-10-22(29-23(19)24(31)20-4-3-11-27-16(20)2)30-13-12-28-21(14-30)17-5-7-18(26)8-6-17;;/h3-11,21,28H,1,12-14H2,2H3;2*1H. The monoisotopic (exact) mass is 424 g/mol. The highest BCUT2D eigenvalue weighted by atomic mass is 19.1. The average molecular weight is 424 g/mol. The lowest BCUT2D eigenvalue weighted by atomic mass is 10.0. The van der Waals surface area contributed by atoms with Crippen molar-refractivity contribution < 1.29 is 16.4 Å². The van der Waals surface area contributed by atoms with E-state index in [-0.39, 0.29) is 26.0 Å². The van der Waals surface area contributed by atoms with Gasteiger partial charge in [-0.2, -0.15) is 0 Å². The number of rotatable bonds is 5. The molecule has 5 nitrogen and oxygen atoms in total. The zero-order valence-corrected chi connectivity index (χ0v) is 17.1. The SMILES string of the molecule is C=C(F)c1ccc(N2CCNC(c3ccc(F)cc3)C2)nc1C(=O)c1cccnc1C.[HH].[HH]. The van der Waals surface area contributed by atoms with Gasteiger partial charge in [0.2, 0.25) is 5.78 Å². The van der Waals surface area contributed by atoms with Gasteiger partial charge in [-0.3, -0.25) is 9.78 Å². The number of ketones is 1. The number of aryl methyl sites for hydroxylation is 1. The predicted molar refractivity (Wildman–Crippen MR) is 120 cm³/mol. The van der Waals surface area contributed by atoms with Crippen molar-refractivity contribution >= 4 is 17.4 Å². The van der Waals surface area contributed by atoms with E-state index in [4.69, 9.17) is 0 Å². The van der Waals surface area contributed by atoms with Crippen molar-refractivity contribution in [2.75, 3.05) is 24.5 Å². The van der Waals surface area contributed by atoms with Crippen LogP contribution < -0.4 is 10.2 Å². The van der Waals surface area contributed by atoms with Gasteiger partial charge in [-0.05, 0) is 48.9 Å². The molecule has 1 unspecified atom stereocenters.